The average molecular weight is 213 g/mol. The van der Waals surface area contributed by atoms with E-state index in [1.165, 1.54) is 6.07 Å². The van der Waals surface area contributed by atoms with Gasteiger partial charge in [-0.1, -0.05) is 12.1 Å². The van der Waals surface area contributed by atoms with Gasteiger partial charge in [0.05, 0.1) is 11.5 Å². The van der Waals surface area contributed by atoms with Crippen LogP contribution in [0.15, 0.2) is 24.3 Å². The van der Waals surface area contributed by atoms with E-state index < -0.39 is 4.92 Å². The second-order valence-corrected chi connectivity index (χ2v) is 3.55. The standard InChI is InChI=1S/C9H11NO3S/c1-14-7-6-13-9-5-3-2-4-8(9)10(11)12/h2-5H,6-7H2,1H3. The first-order valence-corrected chi connectivity index (χ1v) is 5.50. The Morgan fingerprint density at radius 2 is 2.21 bits per heavy atom. The molecule has 14 heavy (non-hydrogen) atoms. The molecular weight excluding hydrogens is 202 g/mol. The summed E-state index contributed by atoms with van der Waals surface area (Å²) in [4.78, 5) is 10.1. The first-order chi connectivity index (χ1) is 6.75. The van der Waals surface area contributed by atoms with Gasteiger partial charge in [-0.05, 0) is 12.3 Å². The van der Waals surface area contributed by atoms with Crippen molar-refractivity contribution in [3.8, 4) is 5.75 Å². The number of rotatable bonds is 5. The lowest BCUT2D eigenvalue weighted by atomic mass is 10.3. The fourth-order valence-electron chi connectivity index (χ4n) is 0.965. The van der Waals surface area contributed by atoms with E-state index in [2.05, 4.69) is 0 Å². The Morgan fingerprint density at radius 3 is 2.86 bits per heavy atom. The number of hydrogen-bond donors (Lipinski definition) is 0. The van der Waals surface area contributed by atoms with Crippen LogP contribution in [-0.4, -0.2) is 23.5 Å². The molecule has 1 rings (SSSR count). The zero-order valence-electron chi connectivity index (χ0n) is 7.80. The van der Waals surface area contributed by atoms with Crippen molar-refractivity contribution in [3.05, 3.63) is 34.4 Å². The number of benzene rings is 1. The number of hydrogen-bond acceptors (Lipinski definition) is 4. The van der Waals surface area contributed by atoms with Gasteiger partial charge in [-0.3, -0.25) is 10.1 Å². The van der Waals surface area contributed by atoms with Gasteiger partial charge in [0.1, 0.15) is 0 Å². The van der Waals surface area contributed by atoms with Gasteiger partial charge in [0.25, 0.3) is 0 Å². The number of nitrogens with zero attached hydrogens (tertiary/aromatic N) is 1. The Labute approximate surface area is 86.4 Å². The number of ether oxygens (including phenoxy) is 1. The molecule has 0 aliphatic rings. The van der Waals surface area contributed by atoms with Crippen molar-refractivity contribution in [1.29, 1.82) is 0 Å². The molecule has 0 N–H and O–H groups in total. The SMILES string of the molecule is CSCCOc1ccccc1[N+](=O)[O-]. The number of nitro groups is 1. The molecule has 0 unspecified atom stereocenters. The van der Waals surface area contributed by atoms with Crippen LogP contribution < -0.4 is 4.74 Å². The highest BCUT2D eigenvalue weighted by Gasteiger charge is 2.12. The number of nitro benzene ring substituents is 1. The van der Waals surface area contributed by atoms with Gasteiger partial charge >= 0.3 is 5.69 Å². The monoisotopic (exact) mass is 213 g/mol. The minimum absolute atomic E-state index is 0.0219. The molecule has 0 spiro atoms. The molecule has 0 atom stereocenters. The van der Waals surface area contributed by atoms with Crippen LogP contribution in [0, 0.1) is 10.1 Å². The van der Waals surface area contributed by atoms with E-state index in [4.69, 9.17) is 4.74 Å². The smallest absolute Gasteiger partial charge is 0.310 e. The van der Waals surface area contributed by atoms with Crippen LogP contribution >= 0.6 is 11.8 Å². The van der Waals surface area contributed by atoms with E-state index in [9.17, 15) is 10.1 Å². The zero-order chi connectivity index (χ0) is 10.4. The molecule has 0 heterocycles. The highest BCUT2D eigenvalue weighted by atomic mass is 32.2. The minimum Gasteiger partial charge on any atom is -0.486 e. The quantitative estimate of drug-likeness (QED) is 0.428. The molecule has 0 amide bonds. The predicted molar refractivity (Wildman–Crippen MR) is 57.0 cm³/mol. The van der Waals surface area contributed by atoms with Crippen molar-refractivity contribution in [3.63, 3.8) is 0 Å². The van der Waals surface area contributed by atoms with E-state index in [1.54, 1.807) is 30.0 Å². The Kier molecular flexibility index (Phi) is 4.25. The third kappa shape index (κ3) is 2.92. The van der Waals surface area contributed by atoms with Crippen LogP contribution in [0.25, 0.3) is 0 Å². The van der Waals surface area contributed by atoms with E-state index in [0.29, 0.717) is 12.4 Å². The van der Waals surface area contributed by atoms with Gasteiger partial charge in [-0.25, -0.2) is 0 Å². The molecule has 4 nitrogen and oxygen atoms in total. The predicted octanol–water partition coefficient (Wildman–Crippen LogP) is 2.34. The summed E-state index contributed by atoms with van der Waals surface area (Å²) in [6, 6.07) is 6.40. The lowest BCUT2D eigenvalue weighted by Gasteiger charge is -2.04. The van der Waals surface area contributed by atoms with Crippen LogP contribution in [0.5, 0.6) is 5.75 Å². The van der Waals surface area contributed by atoms with E-state index in [0.717, 1.165) is 5.75 Å². The maximum Gasteiger partial charge on any atom is 0.310 e. The zero-order valence-corrected chi connectivity index (χ0v) is 8.62. The van der Waals surface area contributed by atoms with Crippen LogP contribution in [0.2, 0.25) is 0 Å². The van der Waals surface area contributed by atoms with Crippen LogP contribution in [0.3, 0.4) is 0 Å². The normalized spacial score (nSPS) is 9.79. The summed E-state index contributed by atoms with van der Waals surface area (Å²) in [5.74, 6) is 1.16. The fraction of sp³-hybridized carbons (Fsp3) is 0.333. The fourth-order valence-corrected chi connectivity index (χ4v) is 1.22. The Balaban J connectivity index is 2.69. The summed E-state index contributed by atoms with van der Waals surface area (Å²) < 4.78 is 5.28. The summed E-state index contributed by atoms with van der Waals surface area (Å²) >= 11 is 1.64. The van der Waals surface area contributed by atoms with Gasteiger partial charge in [-0.2, -0.15) is 11.8 Å². The molecule has 76 valence electrons. The van der Waals surface area contributed by atoms with Gasteiger partial charge in [0.2, 0.25) is 0 Å². The molecule has 1 aromatic rings. The lowest BCUT2D eigenvalue weighted by molar-refractivity contribution is -0.385. The molecule has 0 saturated heterocycles. The average Bonchev–Trinajstić information content (AvgIpc) is 2.19. The Bertz CT molecular complexity index is 317. The van der Waals surface area contributed by atoms with Crippen molar-refractivity contribution in [2.24, 2.45) is 0 Å². The first-order valence-electron chi connectivity index (χ1n) is 4.11. The van der Waals surface area contributed by atoms with Crippen molar-refractivity contribution in [1.82, 2.24) is 0 Å². The van der Waals surface area contributed by atoms with Gasteiger partial charge in [0, 0.05) is 11.8 Å². The van der Waals surface area contributed by atoms with Crippen molar-refractivity contribution in [2.45, 2.75) is 0 Å². The largest absolute Gasteiger partial charge is 0.486 e. The van der Waals surface area contributed by atoms with Crippen molar-refractivity contribution >= 4 is 17.4 Å². The third-order valence-electron chi connectivity index (χ3n) is 1.61. The first kappa shape index (κ1) is 10.8. The summed E-state index contributed by atoms with van der Waals surface area (Å²) in [7, 11) is 0. The van der Waals surface area contributed by atoms with Crippen molar-refractivity contribution in [2.75, 3.05) is 18.6 Å². The summed E-state index contributed by atoms with van der Waals surface area (Å²) in [5, 5.41) is 10.6. The van der Waals surface area contributed by atoms with Crippen LogP contribution in [-0.2, 0) is 0 Å². The lowest BCUT2D eigenvalue weighted by Crippen LogP contribution is -2.02. The Hall–Kier alpha value is -1.23. The Morgan fingerprint density at radius 1 is 1.50 bits per heavy atom. The minimum atomic E-state index is -0.436. The topological polar surface area (TPSA) is 52.4 Å². The molecule has 0 bridgehead atoms. The molecule has 0 radical (unpaired) electrons. The third-order valence-corrected chi connectivity index (χ3v) is 2.18. The summed E-state index contributed by atoms with van der Waals surface area (Å²) in [5.41, 5.74) is 0.0219. The van der Waals surface area contributed by atoms with Crippen molar-refractivity contribution < 1.29 is 9.66 Å². The molecule has 0 saturated carbocycles. The van der Waals surface area contributed by atoms with E-state index in [1.807, 2.05) is 6.26 Å². The molecular formula is C9H11NO3S. The summed E-state index contributed by atoms with van der Waals surface area (Å²) in [6.07, 6.45) is 1.96. The number of thioether (sulfide) groups is 1. The van der Waals surface area contributed by atoms with Gasteiger partial charge in [-0.15, -0.1) is 0 Å². The highest BCUT2D eigenvalue weighted by molar-refractivity contribution is 7.98. The van der Waals surface area contributed by atoms with E-state index >= 15 is 0 Å². The maximum absolute atomic E-state index is 10.6. The summed E-state index contributed by atoms with van der Waals surface area (Å²) in [6.45, 7) is 0.492. The second kappa shape index (κ2) is 5.49. The molecule has 1 aromatic carbocycles. The van der Waals surface area contributed by atoms with Crippen LogP contribution in [0.4, 0.5) is 5.69 Å². The second-order valence-electron chi connectivity index (χ2n) is 2.57. The van der Waals surface area contributed by atoms with Gasteiger partial charge < -0.3 is 4.74 Å². The number of para-hydroxylation sites is 2. The highest BCUT2D eigenvalue weighted by Crippen LogP contribution is 2.25. The molecule has 5 heteroatoms. The van der Waals surface area contributed by atoms with E-state index in [-0.39, 0.29) is 5.69 Å². The van der Waals surface area contributed by atoms with Crippen LogP contribution in [0.1, 0.15) is 0 Å². The molecule has 0 aromatic heterocycles. The maximum atomic E-state index is 10.6. The molecule has 0 aliphatic carbocycles. The van der Waals surface area contributed by atoms with Gasteiger partial charge in [0.15, 0.2) is 5.75 Å². The molecule has 0 fully saturated rings. The molecule has 0 aliphatic heterocycles.